The van der Waals surface area contributed by atoms with Gasteiger partial charge in [-0.1, -0.05) is 0 Å². The highest BCUT2D eigenvalue weighted by Crippen LogP contribution is 2.28. The minimum Gasteiger partial charge on any atom is -0.444 e. The summed E-state index contributed by atoms with van der Waals surface area (Å²) >= 11 is 0. The molecule has 2 rings (SSSR count). The Hall–Kier alpha value is -1.78. The molecule has 1 aromatic rings. The summed E-state index contributed by atoms with van der Waals surface area (Å²) in [6, 6.07) is -0.0222. The van der Waals surface area contributed by atoms with Crippen LogP contribution in [0.1, 0.15) is 49.2 Å². The highest BCUT2D eigenvalue weighted by Gasteiger charge is 2.28. The van der Waals surface area contributed by atoms with Crippen molar-refractivity contribution in [2.24, 2.45) is 0 Å². The second-order valence-corrected chi connectivity index (χ2v) is 6.05. The molecule has 5 heteroatoms. The van der Waals surface area contributed by atoms with E-state index in [0.717, 1.165) is 12.8 Å². The molecular formula is C15H23N3O2. The Kier molecular flexibility index (Phi) is 3.11. The third-order valence-electron chi connectivity index (χ3n) is 3.10. The first-order chi connectivity index (χ1) is 10.6. The molecule has 0 spiro atoms. The lowest BCUT2D eigenvalue weighted by Gasteiger charge is -2.34. The van der Waals surface area contributed by atoms with Gasteiger partial charge in [-0.25, -0.2) is 4.79 Å². The van der Waals surface area contributed by atoms with Gasteiger partial charge in [0.15, 0.2) is 0 Å². The lowest BCUT2D eigenvalue weighted by atomic mass is 9.92. The van der Waals surface area contributed by atoms with E-state index in [0.29, 0.717) is 18.7 Å². The van der Waals surface area contributed by atoms with Crippen LogP contribution in [0.3, 0.4) is 0 Å². The first kappa shape index (κ1) is 10.9. The SMILES string of the molecule is [2H]c1nc([2H])c(C2CCCN(C(=O)OC(C)(C)C)C2)c([2H])c1N. The zero-order valence-corrected chi connectivity index (χ0v) is 12.2. The molecule has 1 amide bonds. The van der Waals surface area contributed by atoms with Gasteiger partial charge in [0, 0.05) is 31.4 Å². The summed E-state index contributed by atoms with van der Waals surface area (Å²) < 4.78 is 29.0. The summed E-state index contributed by atoms with van der Waals surface area (Å²) in [6.45, 7) is 6.39. The Morgan fingerprint density at radius 2 is 2.30 bits per heavy atom. The molecule has 1 saturated heterocycles. The van der Waals surface area contributed by atoms with Crippen LogP contribution in [0.15, 0.2) is 18.4 Å². The van der Waals surface area contributed by atoms with E-state index in [1.54, 1.807) is 4.90 Å². The van der Waals surface area contributed by atoms with Crippen LogP contribution in [-0.4, -0.2) is 34.7 Å². The predicted molar refractivity (Wildman–Crippen MR) is 78.4 cm³/mol. The monoisotopic (exact) mass is 280 g/mol. The molecule has 0 aliphatic carbocycles. The van der Waals surface area contributed by atoms with E-state index >= 15 is 0 Å². The smallest absolute Gasteiger partial charge is 0.410 e. The van der Waals surface area contributed by atoms with Gasteiger partial charge in [0.2, 0.25) is 0 Å². The van der Waals surface area contributed by atoms with Gasteiger partial charge < -0.3 is 15.4 Å². The minimum atomic E-state index is -0.565. The Labute approximate surface area is 124 Å². The number of anilines is 1. The molecule has 1 fully saturated rings. The molecule has 2 heterocycles. The van der Waals surface area contributed by atoms with Crippen LogP contribution < -0.4 is 5.73 Å². The van der Waals surface area contributed by atoms with Gasteiger partial charge in [0.25, 0.3) is 0 Å². The van der Waals surface area contributed by atoms with E-state index in [2.05, 4.69) is 4.98 Å². The van der Waals surface area contributed by atoms with E-state index in [4.69, 9.17) is 14.6 Å². The number of nitrogens with two attached hydrogens (primary N) is 1. The van der Waals surface area contributed by atoms with Gasteiger partial charge in [-0.3, -0.25) is 4.98 Å². The summed E-state index contributed by atoms with van der Waals surface area (Å²) in [5.74, 6) is -0.188. The van der Waals surface area contributed by atoms with E-state index in [-0.39, 0.29) is 30.0 Å². The number of ether oxygens (including phenoxy) is 1. The third kappa shape index (κ3) is 3.85. The van der Waals surface area contributed by atoms with Crippen molar-refractivity contribution in [2.75, 3.05) is 18.8 Å². The van der Waals surface area contributed by atoms with E-state index in [1.807, 2.05) is 20.8 Å². The number of pyridine rings is 1. The maximum atomic E-state index is 12.2. The van der Waals surface area contributed by atoms with Gasteiger partial charge in [0.1, 0.15) is 5.60 Å². The Morgan fingerprint density at radius 1 is 1.55 bits per heavy atom. The van der Waals surface area contributed by atoms with Crippen molar-refractivity contribution in [3.63, 3.8) is 0 Å². The van der Waals surface area contributed by atoms with Gasteiger partial charge in [-0.05, 0) is 45.2 Å². The molecule has 0 bridgehead atoms. The van der Waals surface area contributed by atoms with Crippen LogP contribution in [-0.2, 0) is 4.74 Å². The van der Waals surface area contributed by atoms with E-state index in [9.17, 15) is 4.79 Å². The predicted octanol–water partition coefficient (Wildman–Crippen LogP) is 2.78. The second kappa shape index (κ2) is 5.69. The quantitative estimate of drug-likeness (QED) is 0.859. The fourth-order valence-electron chi connectivity index (χ4n) is 2.25. The number of nitrogens with zero attached hydrogens (tertiary/aromatic N) is 2. The molecule has 1 unspecified atom stereocenters. The van der Waals surface area contributed by atoms with Crippen LogP contribution >= 0.6 is 0 Å². The van der Waals surface area contributed by atoms with E-state index < -0.39 is 11.7 Å². The summed E-state index contributed by atoms with van der Waals surface area (Å²) in [6.07, 6.45) is 0.757. The summed E-state index contributed by atoms with van der Waals surface area (Å²) in [4.78, 5) is 17.6. The van der Waals surface area contributed by atoms with Crippen molar-refractivity contribution in [3.8, 4) is 0 Å². The van der Waals surface area contributed by atoms with Gasteiger partial charge in [0.05, 0.1) is 9.80 Å². The lowest BCUT2D eigenvalue weighted by molar-refractivity contribution is 0.0198. The number of aromatic nitrogens is 1. The Balaban J connectivity index is 2.22. The summed E-state index contributed by atoms with van der Waals surface area (Å²) in [5.41, 5.74) is 5.53. The number of likely N-dealkylation sites (tertiary alicyclic amines) is 1. The number of hydrogen-bond acceptors (Lipinski definition) is 4. The van der Waals surface area contributed by atoms with Gasteiger partial charge in [-0.15, -0.1) is 0 Å². The van der Waals surface area contributed by atoms with Crippen molar-refractivity contribution in [3.05, 3.63) is 24.0 Å². The van der Waals surface area contributed by atoms with E-state index in [1.165, 1.54) is 0 Å². The fourth-order valence-corrected chi connectivity index (χ4v) is 2.25. The fraction of sp³-hybridized carbons (Fsp3) is 0.600. The second-order valence-electron chi connectivity index (χ2n) is 6.05. The summed E-state index contributed by atoms with van der Waals surface area (Å²) in [7, 11) is 0. The van der Waals surface area contributed by atoms with Gasteiger partial charge in [-0.2, -0.15) is 0 Å². The Morgan fingerprint density at radius 3 is 3.00 bits per heavy atom. The van der Waals surface area contributed by atoms with Crippen molar-refractivity contribution in [2.45, 2.75) is 45.1 Å². The molecule has 0 saturated carbocycles. The number of carbonyl (C=O) groups excluding carboxylic acids is 1. The zero-order chi connectivity index (χ0) is 17.4. The number of hydrogen-bond donors (Lipinski definition) is 1. The lowest BCUT2D eigenvalue weighted by Crippen LogP contribution is -2.42. The van der Waals surface area contributed by atoms with Crippen LogP contribution in [0, 0.1) is 0 Å². The number of piperidine rings is 1. The average Bonchev–Trinajstić information content (AvgIpc) is 2.43. The van der Waals surface area contributed by atoms with Crippen molar-refractivity contribution >= 4 is 11.8 Å². The maximum absolute atomic E-state index is 12.2. The molecule has 1 aromatic heterocycles. The average molecular weight is 280 g/mol. The highest BCUT2D eigenvalue weighted by molar-refractivity contribution is 5.68. The Bertz CT molecular complexity index is 617. The minimum absolute atomic E-state index is 0.0222. The van der Waals surface area contributed by atoms with Crippen LogP contribution in [0.4, 0.5) is 10.5 Å². The van der Waals surface area contributed by atoms with Crippen LogP contribution in [0.5, 0.6) is 0 Å². The summed E-state index contributed by atoms with van der Waals surface area (Å²) in [5, 5.41) is 0. The molecular weight excluding hydrogens is 254 g/mol. The number of rotatable bonds is 1. The zero-order valence-electron chi connectivity index (χ0n) is 15.2. The largest absolute Gasteiger partial charge is 0.444 e. The number of nitrogen functional groups attached to an aromatic ring is 1. The molecule has 110 valence electrons. The van der Waals surface area contributed by atoms with Crippen LogP contribution in [0.2, 0.25) is 0 Å². The molecule has 0 radical (unpaired) electrons. The normalized spacial score (nSPS) is 21.9. The molecule has 1 aliphatic heterocycles. The topological polar surface area (TPSA) is 68.5 Å². The molecule has 0 aromatic carbocycles. The van der Waals surface area contributed by atoms with Crippen LogP contribution in [0.25, 0.3) is 0 Å². The number of carbonyl (C=O) groups is 1. The maximum Gasteiger partial charge on any atom is 0.410 e. The molecule has 2 N–H and O–H groups in total. The first-order valence-electron chi connectivity index (χ1n) is 8.31. The van der Waals surface area contributed by atoms with Crippen molar-refractivity contribution in [1.29, 1.82) is 0 Å². The van der Waals surface area contributed by atoms with Gasteiger partial charge >= 0.3 is 6.09 Å². The van der Waals surface area contributed by atoms with Crippen molar-refractivity contribution < 1.29 is 13.6 Å². The molecule has 20 heavy (non-hydrogen) atoms. The highest BCUT2D eigenvalue weighted by atomic mass is 16.6. The number of amides is 1. The molecule has 1 atom stereocenters. The van der Waals surface area contributed by atoms with Crippen molar-refractivity contribution in [1.82, 2.24) is 9.88 Å². The first-order valence-corrected chi connectivity index (χ1v) is 6.81. The third-order valence-corrected chi connectivity index (χ3v) is 3.10. The molecule has 1 aliphatic rings. The molecule has 5 nitrogen and oxygen atoms in total. The standard InChI is InChI=1S/C15H23N3O2/c1-15(2,3)20-14(19)18-6-4-5-11(10-18)12-7-13(16)9-17-8-12/h7-9,11H,4-6,10,16H2,1-3H3/i7D,8D,9D.